The van der Waals surface area contributed by atoms with E-state index in [0.29, 0.717) is 11.3 Å². The van der Waals surface area contributed by atoms with Crippen LogP contribution in [0.1, 0.15) is 16.7 Å². The van der Waals surface area contributed by atoms with E-state index < -0.39 is 23.1 Å². The molecule has 0 aliphatic heterocycles. The van der Waals surface area contributed by atoms with E-state index in [2.05, 4.69) is 5.32 Å². The number of alkyl halides is 3. The van der Waals surface area contributed by atoms with Gasteiger partial charge in [-0.25, -0.2) is 4.39 Å². The van der Waals surface area contributed by atoms with E-state index in [0.717, 1.165) is 12.1 Å². The summed E-state index contributed by atoms with van der Waals surface area (Å²) in [7, 11) is 0. The number of rotatable bonds is 2. The second-order valence-electron chi connectivity index (χ2n) is 4.46. The van der Waals surface area contributed by atoms with E-state index >= 15 is 0 Å². The molecule has 0 spiro atoms. The van der Waals surface area contributed by atoms with Crippen molar-refractivity contribution in [2.24, 2.45) is 0 Å². The van der Waals surface area contributed by atoms with Crippen molar-refractivity contribution in [3.05, 3.63) is 58.9 Å². The van der Waals surface area contributed by atoms with Crippen LogP contribution in [0.4, 0.5) is 28.9 Å². The number of benzene rings is 2. The van der Waals surface area contributed by atoms with Gasteiger partial charge >= 0.3 is 6.18 Å². The summed E-state index contributed by atoms with van der Waals surface area (Å²) >= 11 is 0. The number of anilines is 2. The molecule has 108 valence electrons. The average molecular weight is 294 g/mol. The lowest BCUT2D eigenvalue weighted by Crippen LogP contribution is -2.08. The molecular weight excluding hydrogens is 284 g/mol. The molecule has 21 heavy (non-hydrogen) atoms. The van der Waals surface area contributed by atoms with Crippen molar-refractivity contribution < 1.29 is 17.6 Å². The predicted octanol–water partition coefficient (Wildman–Crippen LogP) is 4.77. The van der Waals surface area contributed by atoms with E-state index in [4.69, 9.17) is 5.26 Å². The fourth-order valence-electron chi connectivity index (χ4n) is 1.80. The SMILES string of the molecule is Cc1ccc(Nc2ccc(C(F)(F)F)c(C#N)c2)cc1F. The van der Waals surface area contributed by atoms with Crippen molar-refractivity contribution in [3.8, 4) is 6.07 Å². The maximum atomic E-state index is 13.4. The van der Waals surface area contributed by atoms with E-state index in [1.54, 1.807) is 19.1 Å². The first-order chi connectivity index (χ1) is 9.81. The molecule has 0 saturated carbocycles. The predicted molar refractivity (Wildman–Crippen MR) is 70.6 cm³/mol. The fourth-order valence-corrected chi connectivity index (χ4v) is 1.80. The quantitative estimate of drug-likeness (QED) is 0.810. The van der Waals surface area contributed by atoms with Gasteiger partial charge in [-0.1, -0.05) is 6.07 Å². The van der Waals surface area contributed by atoms with Crippen molar-refractivity contribution in [2.45, 2.75) is 13.1 Å². The highest BCUT2D eigenvalue weighted by Crippen LogP contribution is 2.33. The lowest BCUT2D eigenvalue weighted by atomic mass is 10.1. The first-order valence-corrected chi connectivity index (χ1v) is 5.96. The fraction of sp³-hybridized carbons (Fsp3) is 0.133. The second kappa shape index (κ2) is 5.44. The zero-order valence-corrected chi connectivity index (χ0v) is 10.9. The van der Waals surface area contributed by atoms with Crippen molar-refractivity contribution in [1.29, 1.82) is 5.26 Å². The Morgan fingerprint density at radius 3 is 2.24 bits per heavy atom. The molecule has 1 N–H and O–H groups in total. The summed E-state index contributed by atoms with van der Waals surface area (Å²) in [5.41, 5.74) is -0.346. The molecule has 2 aromatic rings. The lowest BCUT2D eigenvalue weighted by molar-refractivity contribution is -0.137. The van der Waals surface area contributed by atoms with E-state index in [-0.39, 0.29) is 5.69 Å². The number of aryl methyl sites for hydroxylation is 1. The van der Waals surface area contributed by atoms with Crippen LogP contribution in [-0.4, -0.2) is 0 Å². The van der Waals surface area contributed by atoms with Crippen molar-refractivity contribution in [2.75, 3.05) is 5.32 Å². The van der Waals surface area contributed by atoms with Crippen LogP contribution in [0, 0.1) is 24.1 Å². The van der Waals surface area contributed by atoms with Gasteiger partial charge in [0.15, 0.2) is 0 Å². The average Bonchev–Trinajstić information content (AvgIpc) is 2.41. The van der Waals surface area contributed by atoms with Crippen molar-refractivity contribution in [1.82, 2.24) is 0 Å². The molecule has 2 rings (SSSR count). The minimum Gasteiger partial charge on any atom is -0.355 e. The van der Waals surface area contributed by atoms with E-state index in [9.17, 15) is 17.6 Å². The highest BCUT2D eigenvalue weighted by Gasteiger charge is 2.33. The molecule has 0 radical (unpaired) electrons. The summed E-state index contributed by atoms with van der Waals surface area (Å²) in [5.74, 6) is -0.424. The number of hydrogen-bond acceptors (Lipinski definition) is 2. The number of nitrogens with zero attached hydrogens (tertiary/aromatic N) is 1. The van der Waals surface area contributed by atoms with Crippen LogP contribution in [0.2, 0.25) is 0 Å². The minimum atomic E-state index is -4.58. The van der Waals surface area contributed by atoms with Gasteiger partial charge in [-0.15, -0.1) is 0 Å². The van der Waals surface area contributed by atoms with Gasteiger partial charge in [-0.2, -0.15) is 18.4 Å². The normalized spacial score (nSPS) is 11.0. The van der Waals surface area contributed by atoms with Crippen LogP contribution in [0.5, 0.6) is 0 Å². The van der Waals surface area contributed by atoms with Crippen LogP contribution in [-0.2, 0) is 6.18 Å². The smallest absolute Gasteiger partial charge is 0.355 e. The molecule has 0 aliphatic rings. The third-order valence-electron chi connectivity index (χ3n) is 2.91. The zero-order valence-electron chi connectivity index (χ0n) is 10.9. The largest absolute Gasteiger partial charge is 0.417 e. The topological polar surface area (TPSA) is 35.8 Å². The molecule has 0 aromatic heterocycles. The standard InChI is InChI=1S/C15H10F4N2/c1-9-2-3-12(7-14(9)16)21-11-4-5-13(15(17,18)19)10(6-11)8-20/h2-7,21H,1H3. The molecule has 0 fully saturated rings. The number of nitriles is 1. The van der Waals surface area contributed by atoms with Gasteiger partial charge in [-0.3, -0.25) is 0 Å². The van der Waals surface area contributed by atoms with Gasteiger partial charge in [-0.05, 0) is 42.8 Å². The maximum Gasteiger partial charge on any atom is 0.417 e. The Kier molecular flexibility index (Phi) is 3.85. The van der Waals surface area contributed by atoms with Gasteiger partial charge < -0.3 is 5.32 Å². The Bertz CT molecular complexity index is 715. The van der Waals surface area contributed by atoms with Crippen LogP contribution < -0.4 is 5.32 Å². The second-order valence-corrected chi connectivity index (χ2v) is 4.46. The monoisotopic (exact) mass is 294 g/mol. The molecule has 0 aliphatic carbocycles. The molecule has 2 nitrogen and oxygen atoms in total. The summed E-state index contributed by atoms with van der Waals surface area (Å²) in [4.78, 5) is 0. The number of hydrogen-bond donors (Lipinski definition) is 1. The molecule has 2 aromatic carbocycles. The lowest BCUT2D eigenvalue weighted by Gasteiger charge is -2.12. The van der Waals surface area contributed by atoms with Crippen molar-refractivity contribution in [3.63, 3.8) is 0 Å². The Hall–Kier alpha value is -2.55. The summed E-state index contributed by atoms with van der Waals surface area (Å²) in [5, 5.41) is 11.6. The highest BCUT2D eigenvalue weighted by molar-refractivity contribution is 5.63. The molecule has 6 heteroatoms. The molecule has 0 bridgehead atoms. The highest BCUT2D eigenvalue weighted by atomic mass is 19.4. The summed E-state index contributed by atoms with van der Waals surface area (Å²) in [6.45, 7) is 1.60. The van der Waals surface area contributed by atoms with Crippen molar-refractivity contribution >= 4 is 11.4 Å². The third kappa shape index (κ3) is 3.31. The number of nitrogens with one attached hydrogen (secondary N) is 1. The first kappa shape index (κ1) is 14.9. The van der Waals surface area contributed by atoms with E-state index in [1.165, 1.54) is 18.2 Å². The molecule has 0 saturated heterocycles. The summed E-state index contributed by atoms with van der Waals surface area (Å²) in [6, 6.07) is 9.00. The third-order valence-corrected chi connectivity index (χ3v) is 2.91. The van der Waals surface area contributed by atoms with E-state index in [1.807, 2.05) is 0 Å². The molecule has 0 heterocycles. The Labute approximate surface area is 118 Å². The van der Waals surface area contributed by atoms with Crippen LogP contribution in [0.25, 0.3) is 0 Å². The van der Waals surface area contributed by atoms with Crippen LogP contribution >= 0.6 is 0 Å². The molecule has 0 unspecified atom stereocenters. The Morgan fingerprint density at radius 1 is 1.05 bits per heavy atom. The van der Waals surface area contributed by atoms with Gasteiger partial charge in [0.1, 0.15) is 5.82 Å². The van der Waals surface area contributed by atoms with Gasteiger partial charge in [0.25, 0.3) is 0 Å². The van der Waals surface area contributed by atoms with Gasteiger partial charge in [0, 0.05) is 11.4 Å². The number of halogens is 4. The summed E-state index contributed by atoms with van der Waals surface area (Å²) in [6.07, 6.45) is -4.58. The minimum absolute atomic E-state index is 0.280. The first-order valence-electron chi connectivity index (χ1n) is 5.96. The van der Waals surface area contributed by atoms with Crippen LogP contribution in [0.3, 0.4) is 0 Å². The van der Waals surface area contributed by atoms with Crippen LogP contribution in [0.15, 0.2) is 36.4 Å². The molecule has 0 amide bonds. The Morgan fingerprint density at radius 2 is 1.67 bits per heavy atom. The summed E-state index contributed by atoms with van der Waals surface area (Å²) < 4.78 is 51.4. The zero-order chi connectivity index (χ0) is 15.6. The van der Waals surface area contributed by atoms with Gasteiger partial charge in [0.2, 0.25) is 0 Å². The maximum absolute atomic E-state index is 13.4. The molecular formula is C15H10F4N2. The van der Waals surface area contributed by atoms with Gasteiger partial charge in [0.05, 0.1) is 17.2 Å². The Balaban J connectivity index is 2.34. The molecule has 0 atom stereocenters.